The predicted octanol–water partition coefficient (Wildman–Crippen LogP) is 17.6. The first-order valence-electron chi connectivity index (χ1n) is 30.0. The van der Waals surface area contributed by atoms with Gasteiger partial charge in [0, 0.05) is 6.42 Å². The standard InChI is InChI=1S/C63H113NO8/c1-6-8-10-12-14-16-18-20-22-23-24-25-26-27-28-29-30-31-32-33-34-35-36-37-38-40-41-43-45-47-49-51-53-60(65)70-57-59(58-71-63(62(67)68)69-56-55-64(3,4)5)72-61(66)54-52-50-48-46-44-42-39-21-19-17-15-13-11-9-7-2/h9,11,15,17,21,39,44,46,50,52,59,63H,6-8,10,12-14,16,18-20,22-38,40-43,45,47-49,51,53-58H2,1-5H3/p+1/b11-9-,17-15-,39-21-,46-44-,52-50-. The van der Waals surface area contributed by atoms with E-state index in [2.05, 4.69) is 56.4 Å². The number of carbonyl (C=O) groups is 3. The maximum Gasteiger partial charge on any atom is 0.361 e. The van der Waals surface area contributed by atoms with Crippen molar-refractivity contribution in [2.24, 2.45) is 0 Å². The minimum Gasteiger partial charge on any atom is -0.477 e. The van der Waals surface area contributed by atoms with Gasteiger partial charge in [0.25, 0.3) is 6.29 Å². The second-order valence-corrected chi connectivity index (χ2v) is 21.3. The molecule has 0 aromatic rings. The van der Waals surface area contributed by atoms with Crippen molar-refractivity contribution in [3.63, 3.8) is 0 Å². The van der Waals surface area contributed by atoms with E-state index >= 15 is 0 Å². The van der Waals surface area contributed by atoms with Crippen molar-refractivity contribution < 1.29 is 42.9 Å². The summed E-state index contributed by atoms with van der Waals surface area (Å²) < 4.78 is 22.7. The molecule has 0 saturated carbocycles. The van der Waals surface area contributed by atoms with Gasteiger partial charge in [-0.1, -0.05) is 274 Å². The molecule has 0 aliphatic heterocycles. The van der Waals surface area contributed by atoms with Crippen molar-refractivity contribution in [3.05, 3.63) is 60.8 Å². The summed E-state index contributed by atoms with van der Waals surface area (Å²) in [5, 5.41) is 9.68. The molecule has 72 heavy (non-hydrogen) atoms. The van der Waals surface area contributed by atoms with Crippen molar-refractivity contribution in [2.45, 2.75) is 277 Å². The lowest BCUT2D eigenvalue weighted by atomic mass is 10.0. The third-order valence-electron chi connectivity index (χ3n) is 13.1. The second-order valence-electron chi connectivity index (χ2n) is 21.3. The highest BCUT2D eigenvalue weighted by atomic mass is 16.7. The van der Waals surface area contributed by atoms with Crippen LogP contribution in [0.3, 0.4) is 0 Å². The van der Waals surface area contributed by atoms with E-state index in [9.17, 15) is 19.5 Å². The van der Waals surface area contributed by atoms with Crippen molar-refractivity contribution >= 4 is 17.9 Å². The number of rotatable bonds is 55. The minimum atomic E-state index is -1.53. The largest absolute Gasteiger partial charge is 0.477 e. The van der Waals surface area contributed by atoms with E-state index < -0.39 is 24.3 Å². The fraction of sp³-hybridized carbons (Fsp3) is 0.794. The molecule has 2 unspecified atom stereocenters. The van der Waals surface area contributed by atoms with Crippen LogP contribution < -0.4 is 0 Å². The van der Waals surface area contributed by atoms with Gasteiger partial charge in [0.2, 0.25) is 0 Å². The van der Waals surface area contributed by atoms with Gasteiger partial charge in [-0.15, -0.1) is 0 Å². The Kier molecular flexibility index (Phi) is 52.0. The molecule has 0 bridgehead atoms. The Morgan fingerprint density at radius 1 is 0.431 bits per heavy atom. The van der Waals surface area contributed by atoms with E-state index in [4.69, 9.17) is 18.9 Å². The number of esters is 2. The molecule has 0 aliphatic rings. The zero-order valence-electron chi connectivity index (χ0n) is 47.6. The molecular weight excluding hydrogens is 899 g/mol. The van der Waals surface area contributed by atoms with Crippen LogP contribution in [0.5, 0.6) is 0 Å². The highest BCUT2D eigenvalue weighted by Gasteiger charge is 2.25. The summed E-state index contributed by atoms with van der Waals surface area (Å²) in [5.74, 6) is -2.16. The Bertz CT molecular complexity index is 1360. The average molecular weight is 1010 g/mol. The Hall–Kier alpha value is -3.01. The number of likely N-dealkylation sites (N-methyl/N-ethyl adjacent to an activating group) is 1. The van der Waals surface area contributed by atoms with Crippen molar-refractivity contribution in [1.29, 1.82) is 0 Å². The third-order valence-corrected chi connectivity index (χ3v) is 13.1. The molecule has 9 nitrogen and oxygen atoms in total. The molecule has 0 fully saturated rings. The normalized spacial score (nSPS) is 13.2. The second kappa shape index (κ2) is 54.3. The molecule has 418 valence electrons. The molecular formula is C63H114NO8+. The van der Waals surface area contributed by atoms with Crippen LogP contribution in [0.25, 0.3) is 0 Å². The number of unbranched alkanes of at least 4 members (excludes halogenated alkanes) is 31. The molecule has 0 aromatic carbocycles. The van der Waals surface area contributed by atoms with E-state index in [1.165, 1.54) is 186 Å². The molecule has 2 atom stereocenters. The summed E-state index contributed by atoms with van der Waals surface area (Å²) in [6.07, 6.45) is 66.6. The maximum absolute atomic E-state index is 12.8. The minimum absolute atomic E-state index is 0.0278. The van der Waals surface area contributed by atoms with E-state index in [1.807, 2.05) is 33.3 Å². The number of allylic oxidation sites excluding steroid dienone is 9. The number of carbonyl (C=O) groups excluding carboxylic acids is 2. The van der Waals surface area contributed by atoms with Gasteiger partial charge in [-0.05, 0) is 38.5 Å². The number of nitrogens with zero attached hydrogens (tertiary/aromatic N) is 1. The van der Waals surface area contributed by atoms with Crippen LogP contribution in [0, 0.1) is 0 Å². The lowest BCUT2D eigenvalue weighted by molar-refractivity contribution is -0.870. The summed E-state index contributed by atoms with van der Waals surface area (Å²) in [5.41, 5.74) is 0. The molecule has 0 saturated heterocycles. The van der Waals surface area contributed by atoms with Crippen LogP contribution in [0.2, 0.25) is 0 Å². The molecule has 0 rings (SSSR count). The van der Waals surface area contributed by atoms with Gasteiger partial charge < -0.3 is 28.5 Å². The van der Waals surface area contributed by atoms with Gasteiger partial charge in [-0.3, -0.25) is 9.59 Å². The van der Waals surface area contributed by atoms with Gasteiger partial charge >= 0.3 is 17.9 Å². The summed E-state index contributed by atoms with van der Waals surface area (Å²) in [4.78, 5) is 37.3. The smallest absolute Gasteiger partial charge is 0.361 e. The Morgan fingerprint density at radius 3 is 1.12 bits per heavy atom. The number of hydrogen-bond acceptors (Lipinski definition) is 7. The van der Waals surface area contributed by atoms with Crippen molar-refractivity contribution in [1.82, 2.24) is 0 Å². The van der Waals surface area contributed by atoms with Gasteiger partial charge in [0.05, 0.1) is 40.8 Å². The SMILES string of the molecule is CC/C=C\C/C=C\C/C=C\C/C=C\C/C=C\CC(=O)OC(COC(=O)CCCCCCCCCCCCCCCCCCCCCCCCCCCCCCCCCC)COC(OCC[N+](C)(C)C)C(=O)O. The highest BCUT2D eigenvalue weighted by molar-refractivity contribution is 5.72. The number of quaternary nitrogens is 1. The Labute approximate surface area is 444 Å². The first-order chi connectivity index (χ1) is 35.1. The first-order valence-corrected chi connectivity index (χ1v) is 30.0. The molecule has 0 spiro atoms. The molecule has 9 heteroatoms. The number of hydrogen-bond donors (Lipinski definition) is 1. The zero-order valence-corrected chi connectivity index (χ0v) is 47.6. The molecule has 1 N–H and O–H groups in total. The average Bonchev–Trinajstić information content (AvgIpc) is 3.35. The molecule has 0 heterocycles. The summed E-state index contributed by atoms with van der Waals surface area (Å²) >= 11 is 0. The van der Waals surface area contributed by atoms with E-state index in [0.29, 0.717) is 17.4 Å². The van der Waals surface area contributed by atoms with Gasteiger partial charge in [0.1, 0.15) is 13.2 Å². The van der Waals surface area contributed by atoms with Gasteiger partial charge in [-0.25, -0.2) is 4.79 Å². The fourth-order valence-corrected chi connectivity index (χ4v) is 8.50. The summed E-state index contributed by atoms with van der Waals surface area (Å²) in [6.45, 7) is 4.67. The van der Waals surface area contributed by atoms with E-state index in [0.717, 1.165) is 44.9 Å². The summed E-state index contributed by atoms with van der Waals surface area (Å²) in [6, 6.07) is 0. The predicted molar refractivity (Wildman–Crippen MR) is 304 cm³/mol. The quantitative estimate of drug-likeness (QED) is 0.0211. The maximum atomic E-state index is 12.8. The van der Waals surface area contributed by atoms with Crippen LogP contribution in [-0.4, -0.2) is 87.4 Å². The molecule has 0 amide bonds. The molecule has 0 aliphatic carbocycles. The topological polar surface area (TPSA) is 108 Å². The number of carboxylic acids is 1. The van der Waals surface area contributed by atoms with Crippen LogP contribution in [0.15, 0.2) is 60.8 Å². The van der Waals surface area contributed by atoms with E-state index in [-0.39, 0.29) is 38.6 Å². The lowest BCUT2D eigenvalue weighted by Gasteiger charge is -2.25. The monoisotopic (exact) mass is 1010 g/mol. The van der Waals surface area contributed by atoms with Gasteiger partial charge in [0.15, 0.2) is 6.10 Å². The summed E-state index contributed by atoms with van der Waals surface area (Å²) in [7, 11) is 5.94. The first kappa shape index (κ1) is 69.0. The van der Waals surface area contributed by atoms with Crippen LogP contribution in [0.1, 0.15) is 264 Å². The lowest BCUT2D eigenvalue weighted by Crippen LogP contribution is -2.40. The molecule has 0 aromatic heterocycles. The Balaban J connectivity index is 4.10. The fourth-order valence-electron chi connectivity index (χ4n) is 8.50. The van der Waals surface area contributed by atoms with Crippen LogP contribution in [0.4, 0.5) is 0 Å². The number of carboxylic acid groups (broad SMARTS) is 1. The van der Waals surface area contributed by atoms with Gasteiger partial charge in [-0.2, -0.15) is 0 Å². The van der Waals surface area contributed by atoms with E-state index in [1.54, 1.807) is 6.08 Å². The number of ether oxygens (including phenoxy) is 4. The van der Waals surface area contributed by atoms with Crippen molar-refractivity contribution in [3.8, 4) is 0 Å². The number of aliphatic carboxylic acids is 1. The Morgan fingerprint density at radius 2 is 0.778 bits per heavy atom. The van der Waals surface area contributed by atoms with Crippen LogP contribution >= 0.6 is 0 Å². The third kappa shape index (κ3) is 54.8. The van der Waals surface area contributed by atoms with Crippen molar-refractivity contribution in [2.75, 3.05) is 47.5 Å². The van der Waals surface area contributed by atoms with Crippen LogP contribution in [-0.2, 0) is 33.3 Å². The molecule has 0 radical (unpaired) electrons. The zero-order chi connectivity index (χ0) is 52.7. The highest BCUT2D eigenvalue weighted by Crippen LogP contribution is 2.17.